The second kappa shape index (κ2) is 5.14. The Hall–Kier alpha value is -0.950. The number of aliphatic hydroxyl groups is 1. The van der Waals surface area contributed by atoms with Gasteiger partial charge < -0.3 is 20.0 Å². The molecule has 7 heteroatoms. The number of hydrogen-bond donors (Lipinski definition) is 2. The van der Waals surface area contributed by atoms with Crippen LogP contribution < -0.4 is 0 Å². The van der Waals surface area contributed by atoms with Gasteiger partial charge in [-0.05, 0) is 0 Å². The first kappa shape index (κ1) is 12.5. The minimum absolute atomic E-state index is 0.124. The van der Waals surface area contributed by atoms with Crippen molar-refractivity contribution in [1.82, 2.24) is 9.80 Å². The first-order valence-corrected chi connectivity index (χ1v) is 6.79. The molecule has 2 heterocycles. The molecular weight excluding hydrogens is 244 g/mol. The van der Waals surface area contributed by atoms with Crippen molar-refractivity contribution < 1.29 is 19.8 Å². The van der Waals surface area contributed by atoms with Gasteiger partial charge in [-0.25, -0.2) is 9.59 Å². The largest absolute Gasteiger partial charge is 0.480 e. The SMILES string of the molecule is O=C(O)[C@@H]1C[C@H](O)CN1C(=O)N1CCSCC1. The fraction of sp³-hybridized carbons (Fsp3) is 0.800. The van der Waals surface area contributed by atoms with Crippen molar-refractivity contribution in [2.75, 3.05) is 31.1 Å². The molecule has 2 atom stereocenters. The first-order valence-electron chi connectivity index (χ1n) is 5.63. The van der Waals surface area contributed by atoms with Gasteiger partial charge in [0.15, 0.2) is 0 Å². The molecule has 0 aromatic rings. The monoisotopic (exact) mass is 260 g/mol. The fourth-order valence-corrected chi connectivity index (χ4v) is 3.10. The number of β-amino-alcohol motifs (C(OH)–C–C–N with tert-alkyl or cyclic N) is 1. The molecule has 2 amide bonds. The highest BCUT2D eigenvalue weighted by Crippen LogP contribution is 2.21. The number of amides is 2. The van der Waals surface area contributed by atoms with E-state index < -0.39 is 18.1 Å². The van der Waals surface area contributed by atoms with Crippen LogP contribution in [-0.2, 0) is 4.79 Å². The molecule has 6 nitrogen and oxygen atoms in total. The van der Waals surface area contributed by atoms with Crippen molar-refractivity contribution >= 4 is 23.8 Å². The first-order chi connectivity index (χ1) is 8.09. The summed E-state index contributed by atoms with van der Waals surface area (Å²) in [5, 5.41) is 18.5. The van der Waals surface area contributed by atoms with E-state index in [2.05, 4.69) is 0 Å². The van der Waals surface area contributed by atoms with Gasteiger partial charge in [0, 0.05) is 37.6 Å². The van der Waals surface area contributed by atoms with Crippen molar-refractivity contribution in [1.29, 1.82) is 0 Å². The van der Waals surface area contributed by atoms with Crippen LogP contribution in [0.3, 0.4) is 0 Å². The molecule has 96 valence electrons. The number of aliphatic hydroxyl groups excluding tert-OH is 1. The Morgan fingerprint density at radius 1 is 1.24 bits per heavy atom. The summed E-state index contributed by atoms with van der Waals surface area (Å²) in [6.45, 7) is 1.43. The van der Waals surface area contributed by atoms with Gasteiger partial charge in [0.05, 0.1) is 6.10 Å². The summed E-state index contributed by atoms with van der Waals surface area (Å²) < 4.78 is 0. The van der Waals surface area contributed by atoms with Crippen molar-refractivity contribution in [2.45, 2.75) is 18.6 Å². The Bertz CT molecular complexity index is 319. The summed E-state index contributed by atoms with van der Waals surface area (Å²) in [6.07, 6.45) is -0.594. The molecule has 0 bridgehead atoms. The van der Waals surface area contributed by atoms with Crippen LogP contribution >= 0.6 is 11.8 Å². The molecule has 0 saturated carbocycles. The molecule has 2 aliphatic heterocycles. The lowest BCUT2D eigenvalue weighted by molar-refractivity contribution is -0.141. The van der Waals surface area contributed by atoms with E-state index in [-0.39, 0.29) is 19.0 Å². The van der Waals surface area contributed by atoms with Crippen LogP contribution in [0.1, 0.15) is 6.42 Å². The highest BCUT2D eigenvalue weighted by molar-refractivity contribution is 7.99. The zero-order valence-corrected chi connectivity index (χ0v) is 10.2. The number of rotatable bonds is 1. The Morgan fingerprint density at radius 2 is 1.88 bits per heavy atom. The van der Waals surface area contributed by atoms with Crippen LogP contribution in [0.2, 0.25) is 0 Å². The molecule has 2 rings (SSSR count). The number of nitrogens with zero attached hydrogens (tertiary/aromatic N) is 2. The number of aliphatic carboxylic acids is 1. The second-order valence-corrected chi connectivity index (χ2v) is 5.50. The average molecular weight is 260 g/mol. The zero-order chi connectivity index (χ0) is 12.4. The maximum absolute atomic E-state index is 12.1. The van der Waals surface area contributed by atoms with Crippen LogP contribution in [-0.4, -0.2) is 75.3 Å². The molecular formula is C10H16N2O4S. The number of carbonyl (C=O) groups is 2. The molecule has 0 aliphatic carbocycles. The smallest absolute Gasteiger partial charge is 0.326 e. The predicted octanol–water partition coefficient (Wildman–Crippen LogP) is -0.325. The number of carboxylic acid groups (broad SMARTS) is 1. The standard InChI is InChI=1S/C10H16N2O4S/c13-7-5-8(9(14)15)12(6-7)10(16)11-1-3-17-4-2-11/h7-8,13H,1-6H2,(H,14,15)/t7-,8-/m0/s1. The molecule has 0 aromatic heterocycles. The van der Waals surface area contributed by atoms with Gasteiger partial charge in [-0.3, -0.25) is 0 Å². The molecule has 17 heavy (non-hydrogen) atoms. The third kappa shape index (κ3) is 2.66. The van der Waals surface area contributed by atoms with Crippen LogP contribution in [0, 0.1) is 0 Å². The van der Waals surface area contributed by atoms with Gasteiger partial charge in [0.2, 0.25) is 0 Å². The third-order valence-corrected chi connectivity index (χ3v) is 4.03. The lowest BCUT2D eigenvalue weighted by Crippen LogP contribution is -2.50. The van der Waals surface area contributed by atoms with E-state index in [4.69, 9.17) is 5.11 Å². The molecule has 2 saturated heterocycles. The van der Waals surface area contributed by atoms with Gasteiger partial charge in [0.25, 0.3) is 0 Å². The highest BCUT2D eigenvalue weighted by Gasteiger charge is 2.40. The number of carbonyl (C=O) groups excluding carboxylic acids is 1. The van der Waals surface area contributed by atoms with Crippen LogP contribution in [0.25, 0.3) is 0 Å². The van der Waals surface area contributed by atoms with E-state index in [0.29, 0.717) is 13.1 Å². The lowest BCUT2D eigenvalue weighted by Gasteiger charge is -2.32. The summed E-state index contributed by atoms with van der Waals surface area (Å²) in [6, 6.07) is -1.14. The summed E-state index contributed by atoms with van der Waals surface area (Å²) in [7, 11) is 0. The van der Waals surface area contributed by atoms with E-state index in [1.165, 1.54) is 4.90 Å². The van der Waals surface area contributed by atoms with Crippen LogP contribution in [0.4, 0.5) is 4.79 Å². The number of hydrogen-bond acceptors (Lipinski definition) is 4. The predicted molar refractivity (Wildman–Crippen MR) is 63.0 cm³/mol. The molecule has 0 radical (unpaired) electrons. The number of thioether (sulfide) groups is 1. The Labute approximate surface area is 104 Å². The van der Waals surface area contributed by atoms with Crippen molar-refractivity contribution in [3.05, 3.63) is 0 Å². The Balaban J connectivity index is 2.04. The number of likely N-dealkylation sites (tertiary alicyclic amines) is 1. The maximum Gasteiger partial charge on any atom is 0.326 e. The second-order valence-electron chi connectivity index (χ2n) is 4.28. The van der Waals surface area contributed by atoms with Crippen LogP contribution in [0.15, 0.2) is 0 Å². The van der Waals surface area contributed by atoms with Crippen molar-refractivity contribution in [3.8, 4) is 0 Å². The normalized spacial score (nSPS) is 29.5. The number of carboxylic acids is 1. The topological polar surface area (TPSA) is 81.1 Å². The Kier molecular flexibility index (Phi) is 3.78. The molecule has 2 aliphatic rings. The summed E-state index contributed by atoms with van der Waals surface area (Å²) in [5.41, 5.74) is 0. The fourth-order valence-electron chi connectivity index (χ4n) is 2.20. The molecule has 0 spiro atoms. The van der Waals surface area contributed by atoms with Crippen LogP contribution in [0.5, 0.6) is 0 Å². The summed E-state index contributed by atoms with van der Waals surface area (Å²) >= 11 is 1.79. The van der Waals surface area contributed by atoms with Gasteiger partial charge in [-0.15, -0.1) is 0 Å². The quantitative estimate of drug-likeness (QED) is 0.675. The molecule has 0 unspecified atom stereocenters. The van der Waals surface area contributed by atoms with E-state index in [1.54, 1.807) is 16.7 Å². The summed E-state index contributed by atoms with van der Waals surface area (Å²) in [5.74, 6) is 0.737. The number of urea groups is 1. The van der Waals surface area contributed by atoms with Gasteiger partial charge in [-0.2, -0.15) is 11.8 Å². The maximum atomic E-state index is 12.1. The van der Waals surface area contributed by atoms with Crippen molar-refractivity contribution in [2.24, 2.45) is 0 Å². The molecule has 2 fully saturated rings. The van der Waals surface area contributed by atoms with Crippen molar-refractivity contribution in [3.63, 3.8) is 0 Å². The van der Waals surface area contributed by atoms with E-state index >= 15 is 0 Å². The third-order valence-electron chi connectivity index (χ3n) is 3.09. The molecule has 2 N–H and O–H groups in total. The molecule has 0 aromatic carbocycles. The lowest BCUT2D eigenvalue weighted by atomic mass is 10.2. The van der Waals surface area contributed by atoms with Gasteiger partial charge in [0.1, 0.15) is 6.04 Å². The van der Waals surface area contributed by atoms with E-state index in [1.807, 2.05) is 0 Å². The highest BCUT2D eigenvalue weighted by atomic mass is 32.2. The average Bonchev–Trinajstić information content (AvgIpc) is 2.72. The minimum atomic E-state index is -1.04. The van der Waals surface area contributed by atoms with E-state index in [0.717, 1.165) is 11.5 Å². The zero-order valence-electron chi connectivity index (χ0n) is 9.41. The van der Waals surface area contributed by atoms with Gasteiger partial charge >= 0.3 is 12.0 Å². The Morgan fingerprint density at radius 3 is 2.47 bits per heavy atom. The van der Waals surface area contributed by atoms with E-state index in [9.17, 15) is 14.7 Å². The van der Waals surface area contributed by atoms with Gasteiger partial charge in [-0.1, -0.05) is 0 Å². The minimum Gasteiger partial charge on any atom is -0.480 e. The summed E-state index contributed by atoms with van der Waals surface area (Å²) in [4.78, 5) is 26.1.